The maximum Gasteiger partial charge on any atom is 0.320 e. The number of aliphatic carboxylic acids is 1. The SMILES string of the molecule is CC1(C)CN(C(=O)N2CC(C(=O)O)C2)CCS1. The normalized spacial score (nSPS) is 24.4. The first-order valence-electron chi connectivity index (χ1n) is 5.80. The van der Waals surface area contributed by atoms with Crippen LogP contribution in [0.3, 0.4) is 0 Å². The molecule has 0 atom stereocenters. The third-order valence-corrected chi connectivity index (χ3v) is 4.49. The van der Waals surface area contributed by atoms with Gasteiger partial charge in [-0.2, -0.15) is 11.8 Å². The van der Waals surface area contributed by atoms with E-state index in [0.29, 0.717) is 13.1 Å². The number of rotatable bonds is 1. The maximum atomic E-state index is 12.1. The number of thioether (sulfide) groups is 1. The molecule has 0 saturated carbocycles. The molecular weight excluding hydrogens is 240 g/mol. The van der Waals surface area contributed by atoms with Crippen molar-refractivity contribution >= 4 is 23.8 Å². The van der Waals surface area contributed by atoms with E-state index in [2.05, 4.69) is 13.8 Å². The molecular formula is C11H18N2O3S. The van der Waals surface area contributed by atoms with E-state index in [0.717, 1.165) is 18.8 Å². The van der Waals surface area contributed by atoms with Gasteiger partial charge in [0.2, 0.25) is 0 Å². The molecule has 0 aromatic carbocycles. The van der Waals surface area contributed by atoms with Crippen LogP contribution in [0.25, 0.3) is 0 Å². The molecule has 2 rings (SSSR count). The fraction of sp³-hybridized carbons (Fsp3) is 0.818. The highest BCUT2D eigenvalue weighted by Crippen LogP contribution is 2.30. The molecule has 0 radical (unpaired) electrons. The molecule has 6 heteroatoms. The monoisotopic (exact) mass is 258 g/mol. The van der Waals surface area contributed by atoms with Crippen molar-refractivity contribution in [2.24, 2.45) is 5.92 Å². The minimum absolute atomic E-state index is 0.00382. The second-order valence-electron chi connectivity index (χ2n) is 5.25. The predicted octanol–water partition coefficient (Wildman–Crippen LogP) is 0.950. The lowest BCUT2D eigenvalue weighted by Gasteiger charge is -2.44. The van der Waals surface area contributed by atoms with Crippen LogP contribution < -0.4 is 0 Å². The second kappa shape index (κ2) is 4.40. The zero-order valence-corrected chi connectivity index (χ0v) is 11.0. The molecule has 0 aliphatic carbocycles. The highest BCUT2D eigenvalue weighted by atomic mass is 32.2. The average molecular weight is 258 g/mol. The van der Waals surface area contributed by atoms with Crippen LogP contribution >= 0.6 is 11.8 Å². The van der Waals surface area contributed by atoms with Crippen molar-refractivity contribution in [1.29, 1.82) is 0 Å². The topological polar surface area (TPSA) is 60.9 Å². The Morgan fingerprint density at radius 1 is 1.29 bits per heavy atom. The third kappa shape index (κ3) is 2.68. The molecule has 17 heavy (non-hydrogen) atoms. The van der Waals surface area contributed by atoms with Crippen molar-refractivity contribution in [3.63, 3.8) is 0 Å². The number of carbonyl (C=O) groups is 2. The van der Waals surface area contributed by atoms with Crippen molar-refractivity contribution in [1.82, 2.24) is 9.80 Å². The molecule has 2 amide bonds. The van der Waals surface area contributed by atoms with Crippen LogP contribution in [0.4, 0.5) is 4.79 Å². The highest BCUT2D eigenvalue weighted by Gasteiger charge is 2.39. The number of likely N-dealkylation sites (tertiary alicyclic amines) is 1. The Bertz CT molecular complexity index is 340. The lowest BCUT2D eigenvalue weighted by Crippen LogP contribution is -2.59. The summed E-state index contributed by atoms with van der Waals surface area (Å²) in [6.07, 6.45) is 0. The fourth-order valence-electron chi connectivity index (χ4n) is 2.17. The van der Waals surface area contributed by atoms with E-state index < -0.39 is 5.97 Å². The standard InChI is InChI=1S/C11H18N2O3S/c1-11(2)7-12(3-4-17-11)10(16)13-5-8(6-13)9(14)15/h8H,3-7H2,1-2H3,(H,14,15). The van der Waals surface area contributed by atoms with E-state index >= 15 is 0 Å². The molecule has 0 aromatic rings. The van der Waals surface area contributed by atoms with E-state index in [1.807, 2.05) is 16.7 Å². The molecule has 5 nitrogen and oxygen atoms in total. The molecule has 0 aromatic heterocycles. The Labute approximate surface area is 105 Å². The molecule has 0 unspecified atom stereocenters. The fourth-order valence-corrected chi connectivity index (χ4v) is 3.28. The van der Waals surface area contributed by atoms with E-state index in [4.69, 9.17) is 5.11 Å². The zero-order chi connectivity index (χ0) is 12.6. The van der Waals surface area contributed by atoms with Gasteiger partial charge in [0.1, 0.15) is 0 Å². The Hall–Kier alpha value is -0.910. The second-order valence-corrected chi connectivity index (χ2v) is 7.05. The molecule has 2 aliphatic heterocycles. The Morgan fingerprint density at radius 2 is 1.94 bits per heavy atom. The van der Waals surface area contributed by atoms with Gasteiger partial charge in [-0.3, -0.25) is 4.79 Å². The molecule has 96 valence electrons. The van der Waals surface area contributed by atoms with Gasteiger partial charge in [0.25, 0.3) is 0 Å². The van der Waals surface area contributed by atoms with E-state index in [1.165, 1.54) is 0 Å². The highest BCUT2D eigenvalue weighted by molar-refractivity contribution is 8.00. The summed E-state index contributed by atoms with van der Waals surface area (Å²) in [6.45, 7) is 6.49. The van der Waals surface area contributed by atoms with Crippen LogP contribution in [0.15, 0.2) is 0 Å². The molecule has 0 spiro atoms. The summed E-state index contributed by atoms with van der Waals surface area (Å²) in [6, 6.07) is -0.00382. The zero-order valence-electron chi connectivity index (χ0n) is 10.2. The number of carboxylic acid groups (broad SMARTS) is 1. The van der Waals surface area contributed by atoms with Crippen LogP contribution in [-0.4, -0.2) is 63.6 Å². The van der Waals surface area contributed by atoms with Crippen molar-refractivity contribution in [3.8, 4) is 0 Å². The van der Waals surface area contributed by atoms with Crippen molar-refractivity contribution in [2.75, 3.05) is 31.9 Å². The molecule has 0 bridgehead atoms. The van der Waals surface area contributed by atoms with Gasteiger partial charge in [-0.05, 0) is 13.8 Å². The van der Waals surface area contributed by atoms with Crippen molar-refractivity contribution in [3.05, 3.63) is 0 Å². The number of hydrogen-bond donors (Lipinski definition) is 1. The summed E-state index contributed by atoms with van der Waals surface area (Å²) >= 11 is 1.88. The van der Waals surface area contributed by atoms with Gasteiger partial charge in [0.05, 0.1) is 5.92 Å². The lowest BCUT2D eigenvalue weighted by atomic mass is 10.0. The van der Waals surface area contributed by atoms with Gasteiger partial charge >= 0.3 is 12.0 Å². The van der Waals surface area contributed by atoms with Gasteiger partial charge in [-0.1, -0.05) is 0 Å². The minimum Gasteiger partial charge on any atom is -0.481 e. The molecule has 1 N–H and O–H groups in total. The Kier molecular flexibility index (Phi) is 3.25. The molecule has 2 heterocycles. The van der Waals surface area contributed by atoms with E-state index in [9.17, 15) is 9.59 Å². The Morgan fingerprint density at radius 3 is 2.47 bits per heavy atom. The van der Waals surface area contributed by atoms with Gasteiger partial charge in [-0.25, -0.2) is 4.79 Å². The van der Waals surface area contributed by atoms with Gasteiger partial charge < -0.3 is 14.9 Å². The van der Waals surface area contributed by atoms with Crippen LogP contribution in [0.5, 0.6) is 0 Å². The smallest absolute Gasteiger partial charge is 0.320 e. The van der Waals surface area contributed by atoms with Gasteiger partial charge in [0.15, 0.2) is 0 Å². The van der Waals surface area contributed by atoms with E-state index in [1.54, 1.807) is 4.90 Å². The number of amides is 2. The Balaban J connectivity index is 1.87. The van der Waals surface area contributed by atoms with Crippen LogP contribution in [0, 0.1) is 5.92 Å². The summed E-state index contributed by atoms with van der Waals surface area (Å²) in [4.78, 5) is 26.2. The first kappa shape index (κ1) is 12.5. The van der Waals surface area contributed by atoms with Crippen LogP contribution in [0.2, 0.25) is 0 Å². The largest absolute Gasteiger partial charge is 0.481 e. The first-order valence-corrected chi connectivity index (χ1v) is 6.78. The molecule has 2 saturated heterocycles. The van der Waals surface area contributed by atoms with Crippen molar-refractivity contribution < 1.29 is 14.7 Å². The summed E-state index contributed by atoms with van der Waals surface area (Å²) < 4.78 is 0.102. The first-order chi connectivity index (χ1) is 7.89. The summed E-state index contributed by atoms with van der Waals surface area (Å²) in [5.74, 6) is -0.218. The number of urea groups is 1. The summed E-state index contributed by atoms with van der Waals surface area (Å²) in [5, 5.41) is 8.77. The number of carboxylic acids is 1. The third-order valence-electron chi connectivity index (χ3n) is 3.20. The lowest BCUT2D eigenvalue weighted by molar-refractivity contribution is -0.146. The number of hydrogen-bond acceptors (Lipinski definition) is 3. The average Bonchev–Trinajstić information content (AvgIpc) is 2.12. The number of nitrogens with zero attached hydrogens (tertiary/aromatic N) is 2. The van der Waals surface area contributed by atoms with E-state index in [-0.39, 0.29) is 16.7 Å². The van der Waals surface area contributed by atoms with Crippen molar-refractivity contribution in [2.45, 2.75) is 18.6 Å². The van der Waals surface area contributed by atoms with Crippen LogP contribution in [-0.2, 0) is 4.79 Å². The predicted molar refractivity (Wildman–Crippen MR) is 66.2 cm³/mol. The molecule has 2 aliphatic rings. The summed E-state index contributed by atoms with van der Waals surface area (Å²) in [7, 11) is 0. The maximum absolute atomic E-state index is 12.1. The number of carbonyl (C=O) groups excluding carboxylic acids is 1. The van der Waals surface area contributed by atoms with Gasteiger partial charge in [-0.15, -0.1) is 0 Å². The van der Waals surface area contributed by atoms with Crippen LogP contribution in [0.1, 0.15) is 13.8 Å². The summed E-state index contributed by atoms with van der Waals surface area (Å²) in [5.41, 5.74) is 0. The minimum atomic E-state index is -0.802. The molecule has 2 fully saturated rings. The van der Waals surface area contributed by atoms with Gasteiger partial charge in [0, 0.05) is 36.7 Å². The quantitative estimate of drug-likeness (QED) is 0.760.